The van der Waals surface area contributed by atoms with Gasteiger partial charge in [0, 0.05) is 34.9 Å². The molecule has 0 spiro atoms. The summed E-state index contributed by atoms with van der Waals surface area (Å²) in [6.07, 6.45) is 3.32. The number of guanidine groups is 1. The van der Waals surface area contributed by atoms with Gasteiger partial charge in [0.05, 0.1) is 0 Å². The van der Waals surface area contributed by atoms with Crippen molar-refractivity contribution in [3.8, 4) is 0 Å². The molecular weight excluding hydrogens is 359 g/mol. The first-order chi connectivity index (χ1) is 13.6. The molecule has 4 rings (SSSR count). The van der Waals surface area contributed by atoms with E-state index < -0.39 is 6.17 Å². The van der Waals surface area contributed by atoms with Crippen molar-refractivity contribution in [3.05, 3.63) is 81.8 Å². The van der Waals surface area contributed by atoms with E-state index in [-0.39, 0.29) is 11.4 Å². The minimum atomic E-state index is -0.612. The van der Waals surface area contributed by atoms with Gasteiger partial charge in [0.25, 0.3) is 5.56 Å². The SMILES string of the molecule is CCc1c(C)nc2n(c1=O)[C@@H](c1cccnc1)N=C(Nc1ccc(F)cc1)N2. The number of aliphatic imine (C=N–C) groups is 1. The predicted octanol–water partition coefficient (Wildman–Crippen LogP) is 3.09. The predicted molar refractivity (Wildman–Crippen MR) is 106 cm³/mol. The van der Waals surface area contributed by atoms with E-state index in [1.807, 2.05) is 19.9 Å². The maximum Gasteiger partial charge on any atom is 0.260 e. The van der Waals surface area contributed by atoms with Crippen molar-refractivity contribution in [2.45, 2.75) is 26.4 Å². The van der Waals surface area contributed by atoms with Crippen LogP contribution in [0.1, 0.15) is 29.9 Å². The fourth-order valence-electron chi connectivity index (χ4n) is 3.20. The molecule has 0 fully saturated rings. The van der Waals surface area contributed by atoms with Gasteiger partial charge in [0.15, 0.2) is 6.17 Å². The van der Waals surface area contributed by atoms with Crippen LogP contribution in [-0.2, 0) is 6.42 Å². The molecular formula is C20H19FN6O. The summed E-state index contributed by atoms with van der Waals surface area (Å²) in [5, 5.41) is 6.18. The van der Waals surface area contributed by atoms with Gasteiger partial charge in [-0.05, 0) is 43.7 Å². The molecule has 0 unspecified atom stereocenters. The number of anilines is 2. The number of halogens is 1. The monoisotopic (exact) mass is 378 g/mol. The van der Waals surface area contributed by atoms with Gasteiger partial charge in [-0.2, -0.15) is 0 Å². The maximum absolute atomic E-state index is 13.2. The molecule has 3 heterocycles. The molecule has 0 saturated carbocycles. The number of rotatable bonds is 3. The van der Waals surface area contributed by atoms with Crippen molar-refractivity contribution in [2.24, 2.45) is 4.99 Å². The van der Waals surface area contributed by atoms with E-state index in [4.69, 9.17) is 0 Å². The Morgan fingerprint density at radius 3 is 2.71 bits per heavy atom. The van der Waals surface area contributed by atoms with Crippen LogP contribution < -0.4 is 16.2 Å². The van der Waals surface area contributed by atoms with Gasteiger partial charge >= 0.3 is 0 Å². The molecule has 0 radical (unpaired) electrons. The summed E-state index contributed by atoms with van der Waals surface area (Å²) in [4.78, 5) is 26.5. The van der Waals surface area contributed by atoms with Gasteiger partial charge in [-0.15, -0.1) is 0 Å². The van der Waals surface area contributed by atoms with Crippen molar-refractivity contribution >= 4 is 17.6 Å². The van der Waals surface area contributed by atoms with Crippen LogP contribution in [0, 0.1) is 12.7 Å². The van der Waals surface area contributed by atoms with Crippen LogP contribution in [0.4, 0.5) is 16.0 Å². The zero-order valence-corrected chi connectivity index (χ0v) is 15.5. The van der Waals surface area contributed by atoms with Gasteiger partial charge in [-0.1, -0.05) is 13.0 Å². The number of fused-ring (bicyclic) bond motifs is 1. The molecule has 0 saturated heterocycles. The third kappa shape index (κ3) is 3.24. The van der Waals surface area contributed by atoms with E-state index in [1.165, 1.54) is 12.1 Å². The number of nitrogens with one attached hydrogen (secondary N) is 2. The third-order valence-electron chi connectivity index (χ3n) is 4.58. The van der Waals surface area contributed by atoms with Gasteiger partial charge in [-0.3, -0.25) is 19.7 Å². The smallest absolute Gasteiger partial charge is 0.260 e. The van der Waals surface area contributed by atoms with E-state index in [0.29, 0.717) is 35.3 Å². The molecule has 0 amide bonds. The Balaban J connectivity index is 1.82. The molecule has 1 aromatic carbocycles. The van der Waals surface area contributed by atoms with Crippen molar-refractivity contribution in [3.63, 3.8) is 0 Å². The quantitative estimate of drug-likeness (QED) is 0.732. The summed E-state index contributed by atoms with van der Waals surface area (Å²) in [6.45, 7) is 3.75. The van der Waals surface area contributed by atoms with E-state index in [9.17, 15) is 9.18 Å². The van der Waals surface area contributed by atoms with Gasteiger partial charge in [0.2, 0.25) is 11.9 Å². The Morgan fingerprint density at radius 1 is 1.25 bits per heavy atom. The standard InChI is InChI=1S/C20H19FN6O/c1-3-16-12(2)23-20-26-19(24-15-8-6-14(21)7-9-15)25-17(27(20)18(16)28)13-5-4-10-22-11-13/h4-11,17H,3H2,1-2H3,(H2,23,24,25,26)/t17-/m0/s1. The van der Waals surface area contributed by atoms with Crippen LogP contribution in [0.15, 0.2) is 58.6 Å². The number of aromatic nitrogens is 3. The Morgan fingerprint density at radius 2 is 2.04 bits per heavy atom. The lowest BCUT2D eigenvalue weighted by molar-refractivity contribution is 0.569. The van der Waals surface area contributed by atoms with Gasteiger partial charge in [-0.25, -0.2) is 14.4 Å². The topological polar surface area (TPSA) is 84.2 Å². The normalized spacial score (nSPS) is 15.4. The number of benzene rings is 1. The molecule has 3 aromatic rings. The number of aryl methyl sites for hydroxylation is 1. The Labute approximate surface area is 161 Å². The molecule has 1 aliphatic rings. The minimum Gasteiger partial charge on any atom is -0.326 e. The number of pyridine rings is 1. The highest BCUT2D eigenvalue weighted by atomic mass is 19.1. The number of nitrogens with zero attached hydrogens (tertiary/aromatic N) is 4. The molecule has 2 aromatic heterocycles. The van der Waals surface area contributed by atoms with Crippen molar-refractivity contribution < 1.29 is 4.39 Å². The van der Waals surface area contributed by atoms with Crippen molar-refractivity contribution in [1.29, 1.82) is 0 Å². The second-order valence-corrected chi connectivity index (χ2v) is 6.42. The zero-order chi connectivity index (χ0) is 19.7. The van der Waals surface area contributed by atoms with Crippen molar-refractivity contribution in [2.75, 3.05) is 10.6 Å². The summed E-state index contributed by atoms with van der Waals surface area (Å²) in [5.41, 5.74) is 2.63. The number of hydrogen-bond donors (Lipinski definition) is 2. The molecule has 0 aliphatic carbocycles. The third-order valence-corrected chi connectivity index (χ3v) is 4.58. The van der Waals surface area contributed by atoms with Crippen LogP contribution in [0.2, 0.25) is 0 Å². The second kappa shape index (κ2) is 7.22. The molecule has 1 aliphatic heterocycles. The van der Waals surface area contributed by atoms with Gasteiger partial charge in [0.1, 0.15) is 5.82 Å². The Bertz CT molecular complexity index is 1090. The average Bonchev–Trinajstić information content (AvgIpc) is 2.70. The zero-order valence-electron chi connectivity index (χ0n) is 15.5. The van der Waals surface area contributed by atoms with Crippen molar-refractivity contribution in [1.82, 2.24) is 14.5 Å². The summed E-state index contributed by atoms with van der Waals surface area (Å²) in [7, 11) is 0. The summed E-state index contributed by atoms with van der Waals surface area (Å²) in [5.74, 6) is 0.489. The largest absolute Gasteiger partial charge is 0.326 e. The summed E-state index contributed by atoms with van der Waals surface area (Å²) < 4.78 is 14.7. The van der Waals surface area contributed by atoms with Crippen LogP contribution in [0.5, 0.6) is 0 Å². The Hall–Kier alpha value is -3.55. The summed E-state index contributed by atoms with van der Waals surface area (Å²) >= 11 is 0. The van der Waals surface area contributed by atoms with E-state index in [0.717, 1.165) is 5.56 Å². The lowest BCUT2D eigenvalue weighted by atomic mass is 10.1. The maximum atomic E-state index is 13.2. The highest BCUT2D eigenvalue weighted by molar-refractivity contribution is 6.03. The molecule has 1 atom stereocenters. The fraction of sp³-hybridized carbons (Fsp3) is 0.200. The van der Waals surface area contributed by atoms with Crippen LogP contribution in [-0.4, -0.2) is 20.5 Å². The first-order valence-electron chi connectivity index (χ1n) is 8.96. The molecule has 28 heavy (non-hydrogen) atoms. The first kappa shape index (κ1) is 17.8. The Kier molecular flexibility index (Phi) is 4.60. The average molecular weight is 378 g/mol. The highest BCUT2D eigenvalue weighted by Gasteiger charge is 2.27. The summed E-state index contributed by atoms with van der Waals surface area (Å²) in [6, 6.07) is 9.60. The first-order valence-corrected chi connectivity index (χ1v) is 8.96. The van der Waals surface area contributed by atoms with E-state index >= 15 is 0 Å². The van der Waals surface area contributed by atoms with E-state index in [2.05, 4.69) is 25.6 Å². The molecule has 7 nitrogen and oxygen atoms in total. The minimum absolute atomic E-state index is 0.129. The number of hydrogen-bond acceptors (Lipinski definition) is 6. The molecule has 142 valence electrons. The van der Waals surface area contributed by atoms with Crippen LogP contribution in [0.3, 0.4) is 0 Å². The van der Waals surface area contributed by atoms with Gasteiger partial charge < -0.3 is 5.32 Å². The second-order valence-electron chi connectivity index (χ2n) is 6.42. The molecule has 0 bridgehead atoms. The lowest BCUT2D eigenvalue weighted by Gasteiger charge is -2.27. The fourth-order valence-corrected chi connectivity index (χ4v) is 3.20. The molecule has 2 N–H and O–H groups in total. The molecule has 8 heteroatoms. The lowest BCUT2D eigenvalue weighted by Crippen LogP contribution is -2.39. The van der Waals surface area contributed by atoms with E-state index in [1.54, 1.807) is 35.2 Å². The van der Waals surface area contributed by atoms with Crippen LogP contribution >= 0.6 is 0 Å². The highest BCUT2D eigenvalue weighted by Crippen LogP contribution is 2.26. The van der Waals surface area contributed by atoms with Crippen LogP contribution in [0.25, 0.3) is 0 Å².